The Hall–Kier alpha value is -2.41. The fraction of sp³-hybridized carbons (Fsp3) is 0.609. The molecule has 162 valence electrons. The summed E-state index contributed by atoms with van der Waals surface area (Å²) in [6.07, 6.45) is 9.96. The summed E-state index contributed by atoms with van der Waals surface area (Å²) in [6.45, 7) is 1.34. The fourth-order valence-corrected chi connectivity index (χ4v) is 5.37. The van der Waals surface area contributed by atoms with Crippen LogP contribution in [0.5, 0.6) is 0 Å². The molecule has 0 bridgehead atoms. The van der Waals surface area contributed by atoms with Gasteiger partial charge in [-0.05, 0) is 55.7 Å². The van der Waals surface area contributed by atoms with Crippen LogP contribution in [-0.4, -0.2) is 47.6 Å². The summed E-state index contributed by atoms with van der Waals surface area (Å²) >= 11 is 0. The van der Waals surface area contributed by atoms with E-state index in [0.29, 0.717) is 12.5 Å². The molecule has 7 heteroatoms. The Kier molecular flexibility index (Phi) is 6.67. The molecule has 1 aromatic rings. The summed E-state index contributed by atoms with van der Waals surface area (Å²) < 4.78 is 0. The van der Waals surface area contributed by atoms with Crippen molar-refractivity contribution in [3.63, 3.8) is 0 Å². The van der Waals surface area contributed by atoms with Gasteiger partial charge in [0.2, 0.25) is 11.8 Å². The molecule has 1 aliphatic carbocycles. The van der Waals surface area contributed by atoms with Gasteiger partial charge in [0.1, 0.15) is 6.04 Å². The molecule has 2 aliphatic heterocycles. The largest absolute Gasteiger partial charge is 0.350 e. The first-order chi connectivity index (χ1) is 14.7. The number of nitrogens with two attached hydrogens (primary N) is 1. The molecule has 0 aromatic heterocycles. The SMILES string of the molecule is NN=Cc1ccc(CNC(=O)C2CC3CCCCC3N2C(=O)[C@H]2CCCCN2)cc1. The topological polar surface area (TPSA) is 99.8 Å². The van der Waals surface area contributed by atoms with Crippen molar-refractivity contribution < 1.29 is 9.59 Å². The van der Waals surface area contributed by atoms with Gasteiger partial charge in [-0.2, -0.15) is 5.10 Å². The lowest BCUT2D eigenvalue weighted by atomic mass is 9.84. The predicted octanol–water partition coefficient (Wildman–Crippen LogP) is 1.90. The molecule has 3 aliphatic rings. The normalized spacial score (nSPS) is 29.0. The lowest BCUT2D eigenvalue weighted by molar-refractivity contribution is -0.143. The molecule has 2 heterocycles. The molecule has 30 heavy (non-hydrogen) atoms. The molecule has 7 nitrogen and oxygen atoms in total. The highest BCUT2D eigenvalue weighted by Crippen LogP contribution is 2.40. The molecular formula is C23H33N5O2. The van der Waals surface area contributed by atoms with E-state index in [0.717, 1.165) is 62.6 Å². The first kappa shape index (κ1) is 20.8. The van der Waals surface area contributed by atoms with Crippen LogP contribution in [0.1, 0.15) is 62.5 Å². The van der Waals surface area contributed by atoms with Crippen molar-refractivity contribution >= 4 is 18.0 Å². The highest BCUT2D eigenvalue weighted by atomic mass is 16.2. The van der Waals surface area contributed by atoms with Crippen molar-refractivity contribution in [2.75, 3.05) is 6.54 Å². The Bertz CT molecular complexity index is 772. The van der Waals surface area contributed by atoms with Crippen LogP contribution in [0.4, 0.5) is 0 Å². The van der Waals surface area contributed by atoms with Gasteiger partial charge in [0.25, 0.3) is 0 Å². The molecule has 1 aromatic carbocycles. The maximum Gasteiger partial charge on any atom is 0.243 e. The molecule has 4 N–H and O–H groups in total. The number of benzene rings is 1. The minimum atomic E-state index is -0.349. The van der Waals surface area contributed by atoms with Gasteiger partial charge in [-0.1, -0.05) is 43.5 Å². The number of nitrogens with zero attached hydrogens (tertiary/aromatic N) is 2. The average molecular weight is 412 g/mol. The minimum absolute atomic E-state index is 0.0267. The lowest BCUT2D eigenvalue weighted by Gasteiger charge is -2.37. The highest BCUT2D eigenvalue weighted by Gasteiger charge is 2.48. The second-order valence-electron chi connectivity index (χ2n) is 8.85. The summed E-state index contributed by atoms with van der Waals surface area (Å²) in [7, 11) is 0. The maximum atomic E-state index is 13.4. The second kappa shape index (κ2) is 9.60. The van der Waals surface area contributed by atoms with E-state index in [9.17, 15) is 9.59 Å². The summed E-state index contributed by atoms with van der Waals surface area (Å²) in [5.41, 5.74) is 1.93. The molecule has 0 spiro atoms. The molecular weight excluding hydrogens is 378 g/mol. The van der Waals surface area contributed by atoms with E-state index in [4.69, 9.17) is 5.84 Å². The van der Waals surface area contributed by atoms with E-state index in [1.54, 1.807) is 6.21 Å². The zero-order valence-corrected chi connectivity index (χ0v) is 17.6. The van der Waals surface area contributed by atoms with Crippen molar-refractivity contribution in [1.82, 2.24) is 15.5 Å². The molecule has 4 rings (SSSR count). The maximum absolute atomic E-state index is 13.4. The monoisotopic (exact) mass is 411 g/mol. The van der Waals surface area contributed by atoms with Crippen LogP contribution in [0.25, 0.3) is 0 Å². The van der Waals surface area contributed by atoms with Crippen LogP contribution >= 0.6 is 0 Å². The smallest absolute Gasteiger partial charge is 0.243 e. The number of amides is 2. The number of likely N-dealkylation sites (tertiary alicyclic amines) is 1. The first-order valence-corrected chi connectivity index (χ1v) is 11.3. The van der Waals surface area contributed by atoms with Crippen LogP contribution in [0.3, 0.4) is 0 Å². The van der Waals surface area contributed by atoms with E-state index in [1.165, 1.54) is 6.42 Å². The fourth-order valence-electron chi connectivity index (χ4n) is 5.37. The number of piperidine rings is 1. The molecule has 4 atom stereocenters. The third-order valence-corrected chi connectivity index (χ3v) is 6.92. The van der Waals surface area contributed by atoms with Crippen molar-refractivity contribution in [1.29, 1.82) is 0 Å². The molecule has 3 unspecified atom stereocenters. The Morgan fingerprint density at radius 2 is 1.90 bits per heavy atom. The van der Waals surface area contributed by atoms with E-state index in [1.807, 2.05) is 29.2 Å². The third-order valence-electron chi connectivity index (χ3n) is 6.92. The van der Waals surface area contributed by atoms with Gasteiger partial charge in [-0.25, -0.2) is 0 Å². The number of nitrogens with one attached hydrogen (secondary N) is 2. The second-order valence-corrected chi connectivity index (χ2v) is 8.85. The highest BCUT2D eigenvalue weighted by molar-refractivity contribution is 5.91. The number of hydrazone groups is 1. The minimum Gasteiger partial charge on any atom is -0.350 e. The number of carbonyl (C=O) groups excluding carboxylic acids is 2. The predicted molar refractivity (Wildman–Crippen MR) is 117 cm³/mol. The Morgan fingerprint density at radius 3 is 2.63 bits per heavy atom. The Balaban J connectivity index is 1.44. The molecule has 2 saturated heterocycles. The Labute approximate surface area is 178 Å². The number of hydrogen-bond acceptors (Lipinski definition) is 5. The van der Waals surface area contributed by atoms with Gasteiger partial charge in [0, 0.05) is 12.6 Å². The van der Waals surface area contributed by atoms with E-state index < -0.39 is 0 Å². The van der Waals surface area contributed by atoms with Gasteiger partial charge < -0.3 is 21.4 Å². The van der Waals surface area contributed by atoms with Crippen LogP contribution in [0.15, 0.2) is 29.4 Å². The summed E-state index contributed by atoms with van der Waals surface area (Å²) in [5.74, 6) is 5.75. The number of carbonyl (C=O) groups is 2. The summed E-state index contributed by atoms with van der Waals surface area (Å²) in [6, 6.07) is 7.50. The number of hydrogen-bond donors (Lipinski definition) is 3. The van der Waals surface area contributed by atoms with Crippen LogP contribution in [-0.2, 0) is 16.1 Å². The van der Waals surface area contributed by atoms with Gasteiger partial charge >= 0.3 is 0 Å². The quantitative estimate of drug-likeness (QED) is 0.391. The third kappa shape index (κ3) is 4.51. The standard InChI is InChI=1S/C23H33N5O2/c24-27-15-17-10-8-16(9-11-17)14-26-22(29)21-13-18-5-1-2-7-20(18)28(21)23(30)19-6-3-4-12-25-19/h8-11,15,18-21,25H,1-7,12-14,24H2,(H,26,29)/t18?,19-,20?,21?/m1/s1. The van der Waals surface area contributed by atoms with E-state index >= 15 is 0 Å². The van der Waals surface area contributed by atoms with Gasteiger partial charge in [0.05, 0.1) is 12.3 Å². The van der Waals surface area contributed by atoms with Crippen molar-refractivity contribution in [2.24, 2.45) is 16.9 Å². The van der Waals surface area contributed by atoms with Gasteiger partial charge in [-0.15, -0.1) is 0 Å². The lowest BCUT2D eigenvalue weighted by Crippen LogP contribution is -2.56. The van der Waals surface area contributed by atoms with Gasteiger partial charge in [-0.3, -0.25) is 9.59 Å². The molecule has 1 saturated carbocycles. The zero-order valence-electron chi connectivity index (χ0n) is 17.6. The summed E-state index contributed by atoms with van der Waals surface area (Å²) in [4.78, 5) is 28.5. The van der Waals surface area contributed by atoms with Crippen molar-refractivity contribution in [3.05, 3.63) is 35.4 Å². The van der Waals surface area contributed by atoms with Crippen LogP contribution in [0.2, 0.25) is 0 Å². The molecule has 3 fully saturated rings. The zero-order chi connectivity index (χ0) is 20.9. The van der Waals surface area contributed by atoms with Crippen LogP contribution < -0.4 is 16.5 Å². The molecule has 2 amide bonds. The Morgan fingerprint density at radius 1 is 1.13 bits per heavy atom. The molecule has 0 radical (unpaired) electrons. The average Bonchev–Trinajstić information content (AvgIpc) is 3.18. The van der Waals surface area contributed by atoms with E-state index in [-0.39, 0.29) is 29.9 Å². The van der Waals surface area contributed by atoms with Gasteiger partial charge in [0.15, 0.2) is 0 Å². The summed E-state index contributed by atoms with van der Waals surface area (Å²) in [5, 5.41) is 9.98. The van der Waals surface area contributed by atoms with E-state index in [2.05, 4.69) is 15.7 Å². The number of fused-ring (bicyclic) bond motifs is 1. The van der Waals surface area contributed by atoms with Crippen molar-refractivity contribution in [3.8, 4) is 0 Å². The van der Waals surface area contributed by atoms with Crippen LogP contribution in [0, 0.1) is 5.92 Å². The number of rotatable bonds is 5. The first-order valence-electron chi connectivity index (χ1n) is 11.3. The van der Waals surface area contributed by atoms with Crippen molar-refractivity contribution in [2.45, 2.75) is 76.0 Å².